The average Bonchev–Trinajstić information content (AvgIpc) is 3.11. The van der Waals surface area contributed by atoms with E-state index in [9.17, 15) is 14.9 Å². The summed E-state index contributed by atoms with van der Waals surface area (Å²) in [5.74, 6) is 0.419. The lowest BCUT2D eigenvalue weighted by molar-refractivity contribution is -0.384. The minimum atomic E-state index is -0.357. The molecule has 6 heteroatoms. The molecule has 2 aliphatic rings. The van der Waals surface area contributed by atoms with E-state index in [-0.39, 0.29) is 34.4 Å². The molecule has 3 unspecified atom stereocenters. The first-order valence-electron chi connectivity index (χ1n) is 8.62. The van der Waals surface area contributed by atoms with Gasteiger partial charge >= 0.3 is 0 Å². The number of carbonyl (C=O) groups is 1. The number of nitrogens with zero attached hydrogens (tertiary/aromatic N) is 1. The normalized spacial score (nSPS) is 22.9. The molecule has 1 amide bonds. The number of non-ortho nitro benzene ring substituents is 1. The molecule has 0 aromatic heterocycles. The molecule has 3 atom stereocenters. The average molecular weight is 349 g/mol. The van der Waals surface area contributed by atoms with Gasteiger partial charge in [0.1, 0.15) is 0 Å². The fourth-order valence-electron chi connectivity index (χ4n) is 4.04. The number of benzene rings is 2. The molecule has 0 saturated carbocycles. The molecule has 2 aromatic rings. The first kappa shape index (κ1) is 16.3. The Morgan fingerprint density at radius 1 is 1.27 bits per heavy atom. The van der Waals surface area contributed by atoms with Gasteiger partial charge in [0, 0.05) is 36.3 Å². The van der Waals surface area contributed by atoms with Crippen molar-refractivity contribution in [1.82, 2.24) is 0 Å². The van der Waals surface area contributed by atoms with Crippen molar-refractivity contribution in [3.05, 3.63) is 75.9 Å². The van der Waals surface area contributed by atoms with Gasteiger partial charge in [-0.15, -0.1) is 0 Å². The SMILES string of the molecule is CC(=O)Nc1ccc2c(c1)C1C=CCC1C(c1cccc([N+](=O)[O-])c1)N2. The predicted octanol–water partition coefficient (Wildman–Crippen LogP) is 4.38. The van der Waals surface area contributed by atoms with E-state index in [0.717, 1.165) is 28.9 Å². The van der Waals surface area contributed by atoms with E-state index in [0.29, 0.717) is 0 Å². The van der Waals surface area contributed by atoms with Crippen LogP contribution in [-0.4, -0.2) is 10.8 Å². The number of fused-ring (bicyclic) bond motifs is 3. The van der Waals surface area contributed by atoms with Crippen molar-refractivity contribution >= 4 is 23.0 Å². The number of carbonyl (C=O) groups excluding carboxylic acids is 1. The second kappa shape index (κ2) is 6.29. The van der Waals surface area contributed by atoms with Crippen LogP contribution >= 0.6 is 0 Å². The molecule has 0 fully saturated rings. The van der Waals surface area contributed by atoms with Crippen LogP contribution in [0.15, 0.2) is 54.6 Å². The number of amides is 1. The van der Waals surface area contributed by atoms with Crippen molar-refractivity contribution in [2.45, 2.75) is 25.3 Å². The van der Waals surface area contributed by atoms with Gasteiger partial charge in [0.15, 0.2) is 0 Å². The van der Waals surface area contributed by atoms with E-state index in [2.05, 4.69) is 22.8 Å². The number of hydrogen-bond donors (Lipinski definition) is 2. The molecule has 0 radical (unpaired) electrons. The monoisotopic (exact) mass is 349 g/mol. The van der Waals surface area contributed by atoms with Gasteiger partial charge in [-0.05, 0) is 41.7 Å². The third-order valence-electron chi connectivity index (χ3n) is 5.12. The van der Waals surface area contributed by atoms with Crippen molar-refractivity contribution in [3.8, 4) is 0 Å². The first-order valence-corrected chi connectivity index (χ1v) is 8.62. The maximum absolute atomic E-state index is 11.3. The number of anilines is 2. The Kier molecular flexibility index (Phi) is 3.95. The Hall–Kier alpha value is -3.15. The van der Waals surface area contributed by atoms with E-state index in [1.54, 1.807) is 12.1 Å². The van der Waals surface area contributed by atoms with Crippen LogP contribution in [0.4, 0.5) is 17.1 Å². The van der Waals surface area contributed by atoms with Gasteiger partial charge in [-0.3, -0.25) is 14.9 Å². The highest BCUT2D eigenvalue weighted by Crippen LogP contribution is 2.50. The molecule has 6 nitrogen and oxygen atoms in total. The number of allylic oxidation sites excluding steroid dienone is 2. The van der Waals surface area contributed by atoms with Crippen molar-refractivity contribution in [2.24, 2.45) is 5.92 Å². The summed E-state index contributed by atoms with van der Waals surface area (Å²) >= 11 is 0. The molecule has 1 heterocycles. The Labute approximate surface area is 151 Å². The van der Waals surface area contributed by atoms with Gasteiger partial charge in [-0.2, -0.15) is 0 Å². The summed E-state index contributed by atoms with van der Waals surface area (Å²) < 4.78 is 0. The summed E-state index contributed by atoms with van der Waals surface area (Å²) in [6, 6.07) is 12.7. The van der Waals surface area contributed by atoms with Gasteiger partial charge in [-0.25, -0.2) is 0 Å². The Balaban J connectivity index is 1.72. The Morgan fingerprint density at radius 3 is 2.88 bits per heavy atom. The van der Waals surface area contributed by atoms with Crippen molar-refractivity contribution in [1.29, 1.82) is 0 Å². The van der Waals surface area contributed by atoms with Crippen molar-refractivity contribution in [2.75, 3.05) is 10.6 Å². The molecule has 2 aromatic carbocycles. The summed E-state index contributed by atoms with van der Waals surface area (Å²) in [7, 11) is 0. The lowest BCUT2D eigenvalue weighted by Gasteiger charge is -2.37. The quantitative estimate of drug-likeness (QED) is 0.489. The summed E-state index contributed by atoms with van der Waals surface area (Å²) in [5, 5.41) is 17.5. The zero-order valence-corrected chi connectivity index (χ0v) is 14.3. The zero-order chi connectivity index (χ0) is 18.3. The standard InChI is InChI=1S/C20H19N3O3/c1-12(24)21-14-8-9-19-18(11-14)16-6-3-7-17(16)20(22-19)13-4-2-5-15(10-13)23(25)26/h2-6,8-11,16-17,20,22H,7H2,1H3,(H,21,24). The minimum Gasteiger partial charge on any atom is -0.378 e. The number of rotatable bonds is 3. The summed E-state index contributed by atoms with van der Waals surface area (Å²) in [5.41, 5.74) is 3.97. The predicted molar refractivity (Wildman–Crippen MR) is 100 cm³/mol. The zero-order valence-electron chi connectivity index (χ0n) is 14.3. The van der Waals surface area contributed by atoms with Gasteiger partial charge < -0.3 is 10.6 Å². The van der Waals surface area contributed by atoms with Crippen LogP contribution in [0.2, 0.25) is 0 Å². The molecule has 0 bridgehead atoms. The second-order valence-corrected chi connectivity index (χ2v) is 6.81. The number of nitrogens with one attached hydrogen (secondary N) is 2. The topological polar surface area (TPSA) is 84.3 Å². The maximum Gasteiger partial charge on any atom is 0.269 e. The molecular formula is C20H19N3O3. The van der Waals surface area contributed by atoms with Gasteiger partial charge in [0.05, 0.1) is 11.0 Å². The maximum atomic E-state index is 11.3. The van der Waals surface area contributed by atoms with E-state index < -0.39 is 0 Å². The third kappa shape index (κ3) is 2.83. The van der Waals surface area contributed by atoms with Crippen LogP contribution < -0.4 is 10.6 Å². The molecule has 26 heavy (non-hydrogen) atoms. The summed E-state index contributed by atoms with van der Waals surface area (Å²) in [4.78, 5) is 22.1. The van der Waals surface area contributed by atoms with Crippen LogP contribution in [0.25, 0.3) is 0 Å². The molecule has 1 aliphatic heterocycles. The molecule has 0 saturated heterocycles. The van der Waals surface area contributed by atoms with Crippen LogP contribution in [-0.2, 0) is 4.79 Å². The van der Waals surface area contributed by atoms with E-state index in [1.807, 2.05) is 24.3 Å². The van der Waals surface area contributed by atoms with Gasteiger partial charge in [0.25, 0.3) is 5.69 Å². The summed E-state index contributed by atoms with van der Waals surface area (Å²) in [6.45, 7) is 1.49. The number of hydrogen-bond acceptors (Lipinski definition) is 4. The second-order valence-electron chi connectivity index (χ2n) is 6.81. The van der Waals surface area contributed by atoms with E-state index >= 15 is 0 Å². The summed E-state index contributed by atoms with van der Waals surface area (Å²) in [6.07, 6.45) is 5.28. The van der Waals surface area contributed by atoms with Crippen LogP contribution in [0, 0.1) is 16.0 Å². The minimum absolute atomic E-state index is 0.00835. The fraction of sp³-hybridized carbons (Fsp3) is 0.250. The highest BCUT2D eigenvalue weighted by atomic mass is 16.6. The van der Waals surface area contributed by atoms with Crippen LogP contribution in [0.1, 0.15) is 36.4 Å². The molecule has 2 N–H and O–H groups in total. The lowest BCUT2D eigenvalue weighted by atomic mass is 9.77. The number of nitro benzene ring substituents is 1. The fourth-order valence-corrected chi connectivity index (χ4v) is 4.04. The largest absolute Gasteiger partial charge is 0.378 e. The van der Waals surface area contributed by atoms with Gasteiger partial charge in [0.2, 0.25) is 5.91 Å². The van der Waals surface area contributed by atoms with Crippen LogP contribution in [0.5, 0.6) is 0 Å². The Bertz CT molecular complexity index is 922. The molecule has 132 valence electrons. The molecule has 0 spiro atoms. The van der Waals surface area contributed by atoms with Crippen LogP contribution in [0.3, 0.4) is 0 Å². The Morgan fingerprint density at radius 2 is 2.12 bits per heavy atom. The van der Waals surface area contributed by atoms with E-state index in [1.165, 1.54) is 13.0 Å². The first-order chi connectivity index (χ1) is 12.5. The van der Waals surface area contributed by atoms with Crippen molar-refractivity contribution < 1.29 is 9.72 Å². The third-order valence-corrected chi connectivity index (χ3v) is 5.12. The van der Waals surface area contributed by atoms with Crippen molar-refractivity contribution in [3.63, 3.8) is 0 Å². The lowest BCUT2D eigenvalue weighted by Crippen LogP contribution is -2.29. The highest BCUT2D eigenvalue weighted by molar-refractivity contribution is 5.89. The smallest absolute Gasteiger partial charge is 0.269 e. The molecule has 1 aliphatic carbocycles. The number of nitro groups is 1. The molecular weight excluding hydrogens is 330 g/mol. The van der Waals surface area contributed by atoms with Gasteiger partial charge in [-0.1, -0.05) is 24.3 Å². The molecule has 4 rings (SSSR count). The highest BCUT2D eigenvalue weighted by Gasteiger charge is 2.38. The van der Waals surface area contributed by atoms with E-state index in [4.69, 9.17) is 0 Å².